The Labute approximate surface area is 241 Å². The van der Waals surface area contributed by atoms with Crippen molar-refractivity contribution in [3.8, 4) is 0 Å². The van der Waals surface area contributed by atoms with Crippen molar-refractivity contribution < 1.29 is 0 Å². The molecule has 0 unspecified atom stereocenters. The number of halogens is 2. The Kier molecular flexibility index (Phi) is 11.7. The van der Waals surface area contributed by atoms with Gasteiger partial charge in [-0.1, -0.05) is 138 Å². The Hall–Kier alpha value is 0.594. The molecule has 192 valence electrons. The number of hydrogen-bond acceptors (Lipinski definition) is 0. The fraction of sp³-hybridized carbons (Fsp3) is 0.667. The van der Waals surface area contributed by atoms with Crippen LogP contribution in [0.25, 0.3) is 0 Å². The molecule has 0 saturated heterocycles. The maximum absolute atomic E-state index is 2.77. The summed E-state index contributed by atoms with van der Waals surface area (Å²) in [4.78, 5) is 0. The maximum Gasteiger partial charge on any atom is 0.0858 e. The van der Waals surface area contributed by atoms with Crippen molar-refractivity contribution in [2.45, 2.75) is 131 Å². The maximum atomic E-state index is 2.77. The van der Waals surface area contributed by atoms with E-state index in [1.54, 1.807) is 50.9 Å². The van der Waals surface area contributed by atoms with Crippen LogP contribution in [0.4, 0.5) is 0 Å². The van der Waals surface area contributed by atoms with Gasteiger partial charge in [0.2, 0.25) is 0 Å². The fourth-order valence-corrected chi connectivity index (χ4v) is 8.94. The van der Waals surface area contributed by atoms with E-state index >= 15 is 0 Å². The molecule has 34 heavy (non-hydrogen) atoms. The highest BCUT2D eigenvalue weighted by molar-refractivity contribution is 14.1. The molecule has 1 aromatic rings. The van der Waals surface area contributed by atoms with Crippen LogP contribution < -0.4 is 0 Å². The summed E-state index contributed by atoms with van der Waals surface area (Å²) >= 11 is 5.53. The Morgan fingerprint density at radius 3 is 1.03 bits per heavy atom. The summed E-state index contributed by atoms with van der Waals surface area (Å²) in [6.07, 6.45) is 12.4. The molecule has 4 heteroatoms. The van der Waals surface area contributed by atoms with Gasteiger partial charge in [-0.15, -0.1) is 0 Å². The summed E-state index contributed by atoms with van der Waals surface area (Å²) in [6.45, 7) is 24.8. The van der Waals surface area contributed by atoms with E-state index in [1.807, 2.05) is 0 Å². The van der Waals surface area contributed by atoms with Crippen molar-refractivity contribution in [2.24, 2.45) is 0 Å². The van der Waals surface area contributed by atoms with Gasteiger partial charge in [-0.25, -0.2) is 0 Å². The van der Waals surface area contributed by atoms with E-state index in [9.17, 15) is 0 Å². The Balaban J connectivity index is 3.04. The Morgan fingerprint density at radius 1 is 0.529 bits per heavy atom. The zero-order valence-electron chi connectivity index (χ0n) is 23.8. The van der Waals surface area contributed by atoms with Gasteiger partial charge in [0.15, 0.2) is 0 Å². The molecule has 1 aromatic carbocycles. The number of fused-ring (bicyclic) bond motifs is 1. The normalized spacial score (nSPS) is 17.6. The van der Waals surface area contributed by atoms with Gasteiger partial charge in [-0.2, -0.15) is 0 Å². The van der Waals surface area contributed by atoms with Crippen molar-refractivity contribution in [1.29, 1.82) is 0 Å². The highest BCUT2D eigenvalue weighted by Crippen LogP contribution is 2.45. The molecule has 0 aromatic heterocycles. The zero-order chi connectivity index (χ0) is 25.8. The van der Waals surface area contributed by atoms with Crippen LogP contribution in [0, 0.1) is 0 Å². The molecule has 1 aliphatic carbocycles. The highest BCUT2D eigenvalue weighted by atomic mass is 127. The van der Waals surface area contributed by atoms with Crippen molar-refractivity contribution in [3.05, 3.63) is 50.9 Å². The molecule has 0 radical (unpaired) electrons. The first-order chi connectivity index (χ1) is 15.8. The molecule has 0 spiro atoms. The first-order valence-corrected chi connectivity index (χ1v) is 22.9. The van der Waals surface area contributed by atoms with E-state index in [-0.39, 0.29) is 0 Å². The molecular formula is C30H50I2Si2. The SMILES string of the molecule is CCCc1c(CCC)c(CCC)c2c(c1CCC)CC(=C(/I)[Si](C)(C)C)/C(=C(\I)[Si](C)(C)C)C2. The predicted octanol–water partition coefficient (Wildman–Crippen LogP) is 10.7. The van der Waals surface area contributed by atoms with Gasteiger partial charge >= 0.3 is 0 Å². The first-order valence-electron chi connectivity index (χ1n) is 13.8. The van der Waals surface area contributed by atoms with Crippen LogP contribution in [0.5, 0.6) is 0 Å². The molecule has 0 nitrogen and oxygen atoms in total. The third-order valence-electron chi connectivity index (χ3n) is 7.10. The molecule has 0 saturated carbocycles. The van der Waals surface area contributed by atoms with Crippen LogP contribution >= 0.6 is 45.2 Å². The number of allylic oxidation sites excluding steroid dienone is 2. The van der Waals surface area contributed by atoms with Crippen molar-refractivity contribution in [2.75, 3.05) is 0 Å². The molecule has 0 atom stereocenters. The Bertz CT molecular complexity index is 863. The molecule has 0 amide bonds. The Morgan fingerprint density at radius 2 is 0.794 bits per heavy atom. The second-order valence-electron chi connectivity index (χ2n) is 12.3. The fourth-order valence-electron chi connectivity index (χ4n) is 5.62. The van der Waals surface area contributed by atoms with Crippen LogP contribution in [0.15, 0.2) is 17.6 Å². The third-order valence-corrected chi connectivity index (χ3v) is 21.4. The number of benzene rings is 1. The summed E-state index contributed by atoms with van der Waals surface area (Å²) in [5.41, 5.74) is 14.0. The number of hydrogen-bond donors (Lipinski definition) is 0. The summed E-state index contributed by atoms with van der Waals surface area (Å²) in [5, 5.41) is 0. The van der Waals surface area contributed by atoms with Gasteiger partial charge in [0.25, 0.3) is 0 Å². The quantitative estimate of drug-likeness (QED) is 0.167. The lowest BCUT2D eigenvalue weighted by molar-refractivity contribution is 0.771. The van der Waals surface area contributed by atoms with Gasteiger partial charge in [0.1, 0.15) is 0 Å². The van der Waals surface area contributed by atoms with Crippen molar-refractivity contribution >= 4 is 61.3 Å². The predicted molar refractivity (Wildman–Crippen MR) is 179 cm³/mol. The minimum absolute atomic E-state index is 1.18. The average molecular weight is 721 g/mol. The topological polar surface area (TPSA) is 0 Å². The van der Waals surface area contributed by atoms with Gasteiger partial charge in [-0.3, -0.25) is 0 Å². The van der Waals surface area contributed by atoms with Gasteiger partial charge in [0.05, 0.1) is 16.1 Å². The molecule has 0 fully saturated rings. The van der Waals surface area contributed by atoms with Crippen LogP contribution in [0.1, 0.15) is 86.8 Å². The monoisotopic (exact) mass is 720 g/mol. The molecule has 0 heterocycles. The summed E-state index contributed by atoms with van der Waals surface area (Å²) in [6, 6.07) is 0. The largest absolute Gasteiger partial charge is 0.0858 e. The van der Waals surface area contributed by atoms with E-state index in [0.29, 0.717) is 0 Å². The lowest BCUT2D eigenvalue weighted by Crippen LogP contribution is -2.29. The lowest BCUT2D eigenvalue weighted by atomic mass is 9.74. The van der Waals surface area contributed by atoms with Crippen LogP contribution in [0.3, 0.4) is 0 Å². The molecule has 0 N–H and O–H groups in total. The summed E-state index contributed by atoms with van der Waals surface area (Å²) < 4.78 is 3.43. The third kappa shape index (κ3) is 6.91. The zero-order valence-corrected chi connectivity index (χ0v) is 30.1. The van der Waals surface area contributed by atoms with Gasteiger partial charge < -0.3 is 0 Å². The van der Waals surface area contributed by atoms with Crippen molar-refractivity contribution in [1.82, 2.24) is 0 Å². The second kappa shape index (κ2) is 12.9. The first kappa shape index (κ1) is 30.8. The van der Waals surface area contributed by atoms with E-state index in [1.165, 1.54) is 64.2 Å². The van der Waals surface area contributed by atoms with E-state index in [0.717, 1.165) is 0 Å². The lowest BCUT2D eigenvalue weighted by Gasteiger charge is -2.35. The minimum Gasteiger partial charge on any atom is -0.0652 e. The van der Waals surface area contributed by atoms with Crippen LogP contribution in [0.2, 0.25) is 39.3 Å². The van der Waals surface area contributed by atoms with Crippen LogP contribution in [-0.4, -0.2) is 16.1 Å². The average Bonchev–Trinajstić information content (AvgIpc) is 2.75. The molecular weight excluding hydrogens is 670 g/mol. The van der Waals surface area contributed by atoms with Gasteiger partial charge in [-0.05, 0) is 89.5 Å². The standard InChI is InChI=1S/C30H50I2Si2/c1-11-15-21-22(16-12-2)24(18-14-4)26-20-28(30(32)34(8,9)10)27(29(31)33(5,6)7)19-25(26)23(21)17-13-3/h11-20H2,1-10H3/b29-27+,30-28+. The van der Waals surface area contributed by atoms with E-state index in [4.69, 9.17) is 0 Å². The second-order valence-corrected chi connectivity index (χ2v) is 26.5. The van der Waals surface area contributed by atoms with Crippen molar-refractivity contribution in [3.63, 3.8) is 0 Å². The molecule has 2 rings (SSSR count). The smallest absolute Gasteiger partial charge is 0.0652 e. The summed E-state index contributed by atoms with van der Waals surface area (Å²) in [5.74, 6) is 0. The highest BCUT2D eigenvalue weighted by Gasteiger charge is 2.34. The summed E-state index contributed by atoms with van der Waals surface area (Å²) in [7, 11) is -2.78. The molecule has 0 bridgehead atoms. The number of rotatable bonds is 10. The van der Waals surface area contributed by atoms with E-state index in [2.05, 4.69) is 112 Å². The van der Waals surface area contributed by atoms with Crippen LogP contribution in [-0.2, 0) is 38.5 Å². The minimum atomic E-state index is -1.39. The van der Waals surface area contributed by atoms with E-state index < -0.39 is 16.1 Å². The molecule has 0 aliphatic heterocycles. The van der Waals surface area contributed by atoms with Gasteiger partial charge in [0, 0.05) is 0 Å². The molecule has 1 aliphatic rings.